The predicted octanol–water partition coefficient (Wildman–Crippen LogP) is 1.81. The van der Waals surface area contributed by atoms with Gasteiger partial charge in [0.05, 0.1) is 12.5 Å². The Morgan fingerprint density at radius 2 is 1.54 bits per heavy atom. The molecule has 0 saturated heterocycles. The van der Waals surface area contributed by atoms with E-state index in [9.17, 15) is 4.79 Å². The summed E-state index contributed by atoms with van der Waals surface area (Å²) in [5.74, 6) is 0.132. The van der Waals surface area contributed by atoms with Crippen molar-refractivity contribution in [3.63, 3.8) is 0 Å². The van der Waals surface area contributed by atoms with Crippen LogP contribution < -0.4 is 0 Å². The molecule has 0 unspecified atom stereocenters. The highest BCUT2D eigenvalue weighted by Gasteiger charge is 2.23. The standard InChI is InChI=1S/C11H8O2/c12-11-3-7-1-9-5-13-6-10(9)2-8(7)4-11/h3-6H,1-2H2. The highest BCUT2D eigenvalue weighted by atomic mass is 16.3. The van der Waals surface area contributed by atoms with Crippen LogP contribution in [-0.4, -0.2) is 5.78 Å². The molecule has 0 aliphatic heterocycles. The van der Waals surface area contributed by atoms with Crippen LogP contribution in [0, 0.1) is 0 Å². The van der Waals surface area contributed by atoms with Gasteiger partial charge in [0, 0.05) is 12.8 Å². The molecular formula is C11H8O2. The lowest BCUT2D eigenvalue weighted by Crippen LogP contribution is -2.04. The maximum Gasteiger partial charge on any atom is 0.179 e. The molecular weight excluding hydrogens is 164 g/mol. The number of hydrogen-bond acceptors (Lipinski definition) is 2. The summed E-state index contributed by atoms with van der Waals surface area (Å²) in [6, 6.07) is 0. The first kappa shape index (κ1) is 6.89. The summed E-state index contributed by atoms with van der Waals surface area (Å²) in [6.45, 7) is 0. The molecule has 0 bridgehead atoms. The van der Waals surface area contributed by atoms with Crippen molar-refractivity contribution in [2.75, 3.05) is 0 Å². The lowest BCUT2D eigenvalue weighted by Gasteiger charge is -2.13. The van der Waals surface area contributed by atoms with E-state index >= 15 is 0 Å². The summed E-state index contributed by atoms with van der Waals surface area (Å²) >= 11 is 0. The van der Waals surface area contributed by atoms with Gasteiger partial charge in [-0.2, -0.15) is 0 Å². The molecule has 2 heteroatoms. The monoisotopic (exact) mass is 172 g/mol. The Kier molecular flexibility index (Phi) is 1.18. The minimum atomic E-state index is 0.132. The molecule has 2 aliphatic carbocycles. The van der Waals surface area contributed by atoms with E-state index in [-0.39, 0.29) is 5.78 Å². The highest BCUT2D eigenvalue weighted by Crippen LogP contribution is 2.32. The molecule has 0 spiro atoms. The van der Waals surface area contributed by atoms with Gasteiger partial charge in [-0.1, -0.05) is 0 Å². The Labute approximate surface area is 75.6 Å². The van der Waals surface area contributed by atoms with Crippen LogP contribution in [0.25, 0.3) is 0 Å². The van der Waals surface area contributed by atoms with Gasteiger partial charge in [0.25, 0.3) is 0 Å². The van der Waals surface area contributed by atoms with Crippen molar-refractivity contribution >= 4 is 5.78 Å². The Balaban J connectivity index is 2.12. The first-order valence-electron chi connectivity index (χ1n) is 4.32. The van der Waals surface area contributed by atoms with E-state index in [2.05, 4.69) is 0 Å². The Morgan fingerprint density at radius 1 is 1.00 bits per heavy atom. The first-order valence-corrected chi connectivity index (χ1v) is 4.32. The molecule has 13 heavy (non-hydrogen) atoms. The first-order chi connectivity index (χ1) is 6.33. The van der Waals surface area contributed by atoms with Gasteiger partial charge in [0.2, 0.25) is 0 Å². The number of rotatable bonds is 0. The molecule has 2 nitrogen and oxygen atoms in total. The van der Waals surface area contributed by atoms with Crippen LogP contribution in [0.3, 0.4) is 0 Å². The summed E-state index contributed by atoms with van der Waals surface area (Å²) in [5, 5.41) is 0. The van der Waals surface area contributed by atoms with Crippen LogP contribution in [0.5, 0.6) is 0 Å². The predicted molar refractivity (Wildman–Crippen MR) is 47.3 cm³/mol. The van der Waals surface area contributed by atoms with E-state index in [4.69, 9.17) is 4.42 Å². The smallest absolute Gasteiger partial charge is 0.179 e. The molecule has 1 aromatic heterocycles. The van der Waals surface area contributed by atoms with Crippen molar-refractivity contribution in [2.24, 2.45) is 0 Å². The van der Waals surface area contributed by atoms with Gasteiger partial charge in [-0.25, -0.2) is 0 Å². The average molecular weight is 172 g/mol. The normalized spacial score (nSPS) is 19.2. The zero-order valence-corrected chi connectivity index (χ0v) is 7.04. The van der Waals surface area contributed by atoms with Crippen LogP contribution in [0.15, 0.2) is 40.2 Å². The molecule has 3 rings (SSSR count). The van der Waals surface area contributed by atoms with Crippen molar-refractivity contribution in [1.82, 2.24) is 0 Å². The second-order valence-electron chi connectivity index (χ2n) is 3.52. The van der Waals surface area contributed by atoms with Crippen LogP contribution in [-0.2, 0) is 17.6 Å². The Morgan fingerprint density at radius 3 is 2.08 bits per heavy atom. The maximum atomic E-state index is 11.1. The van der Waals surface area contributed by atoms with E-state index in [0.717, 1.165) is 12.8 Å². The number of allylic oxidation sites excluding steroid dienone is 4. The lowest BCUT2D eigenvalue weighted by atomic mass is 9.89. The second-order valence-corrected chi connectivity index (χ2v) is 3.52. The van der Waals surface area contributed by atoms with Crippen LogP contribution >= 0.6 is 0 Å². The van der Waals surface area contributed by atoms with Crippen molar-refractivity contribution in [3.05, 3.63) is 47.0 Å². The molecule has 0 N–H and O–H groups in total. The number of carbonyl (C=O) groups excluding carboxylic acids is 1. The number of furan rings is 1. The molecule has 64 valence electrons. The van der Waals surface area contributed by atoms with Gasteiger partial charge in [-0.15, -0.1) is 0 Å². The van der Waals surface area contributed by atoms with Gasteiger partial charge in [0.15, 0.2) is 5.78 Å². The molecule has 0 atom stereocenters. The fourth-order valence-corrected chi connectivity index (χ4v) is 1.97. The van der Waals surface area contributed by atoms with Crippen LogP contribution in [0.4, 0.5) is 0 Å². The fraction of sp³-hybridized carbons (Fsp3) is 0.182. The third kappa shape index (κ3) is 0.917. The molecule has 0 radical (unpaired) electrons. The van der Waals surface area contributed by atoms with Crippen molar-refractivity contribution < 1.29 is 9.21 Å². The van der Waals surface area contributed by atoms with Crippen molar-refractivity contribution in [1.29, 1.82) is 0 Å². The van der Waals surface area contributed by atoms with E-state index in [1.165, 1.54) is 22.3 Å². The number of ketones is 1. The maximum absolute atomic E-state index is 11.1. The van der Waals surface area contributed by atoms with Gasteiger partial charge in [0.1, 0.15) is 0 Å². The molecule has 2 aliphatic rings. The number of fused-ring (bicyclic) bond motifs is 2. The van der Waals surface area contributed by atoms with Gasteiger partial charge < -0.3 is 4.42 Å². The summed E-state index contributed by atoms with van der Waals surface area (Å²) in [4.78, 5) is 11.1. The molecule has 0 amide bonds. The van der Waals surface area contributed by atoms with Gasteiger partial charge >= 0.3 is 0 Å². The van der Waals surface area contributed by atoms with Crippen molar-refractivity contribution in [3.8, 4) is 0 Å². The van der Waals surface area contributed by atoms with E-state index in [1.807, 2.05) is 0 Å². The number of hydrogen-bond donors (Lipinski definition) is 0. The Bertz CT molecular complexity index is 408. The summed E-state index contributed by atoms with van der Waals surface area (Å²) in [7, 11) is 0. The molecule has 0 saturated carbocycles. The molecule has 0 aromatic carbocycles. The minimum absolute atomic E-state index is 0.132. The summed E-state index contributed by atoms with van der Waals surface area (Å²) < 4.78 is 5.12. The highest BCUT2D eigenvalue weighted by molar-refractivity contribution is 6.04. The molecule has 0 fully saturated rings. The lowest BCUT2D eigenvalue weighted by molar-refractivity contribution is -0.110. The largest absolute Gasteiger partial charge is 0.472 e. The zero-order chi connectivity index (χ0) is 8.84. The quantitative estimate of drug-likeness (QED) is 0.597. The Hall–Kier alpha value is -1.57. The third-order valence-corrected chi connectivity index (χ3v) is 2.64. The molecule has 1 heterocycles. The van der Waals surface area contributed by atoms with E-state index in [0.29, 0.717) is 0 Å². The number of carbonyl (C=O) groups is 1. The molecule has 1 aromatic rings. The van der Waals surface area contributed by atoms with E-state index < -0.39 is 0 Å². The van der Waals surface area contributed by atoms with E-state index in [1.54, 1.807) is 24.7 Å². The summed E-state index contributed by atoms with van der Waals surface area (Å²) in [5.41, 5.74) is 4.77. The minimum Gasteiger partial charge on any atom is -0.472 e. The topological polar surface area (TPSA) is 30.2 Å². The fourth-order valence-electron chi connectivity index (χ4n) is 1.97. The van der Waals surface area contributed by atoms with Gasteiger partial charge in [-0.3, -0.25) is 4.79 Å². The van der Waals surface area contributed by atoms with Gasteiger partial charge in [-0.05, 0) is 34.4 Å². The third-order valence-electron chi connectivity index (χ3n) is 2.64. The SMILES string of the molecule is O=C1C=C2Cc3cocc3CC2=C1. The zero-order valence-electron chi connectivity index (χ0n) is 7.04. The second kappa shape index (κ2) is 2.22. The van der Waals surface area contributed by atoms with Crippen molar-refractivity contribution in [2.45, 2.75) is 12.8 Å². The van der Waals surface area contributed by atoms with Crippen LogP contribution in [0.1, 0.15) is 11.1 Å². The summed E-state index contributed by atoms with van der Waals surface area (Å²) in [6.07, 6.45) is 8.70. The van der Waals surface area contributed by atoms with Crippen LogP contribution in [0.2, 0.25) is 0 Å². The average Bonchev–Trinajstić information content (AvgIpc) is 2.63.